The summed E-state index contributed by atoms with van der Waals surface area (Å²) in [6, 6.07) is 0. The maximum atomic E-state index is 14.4. The fourth-order valence-electron chi connectivity index (χ4n) is 2.96. The lowest BCUT2D eigenvalue weighted by Crippen LogP contribution is -2.35. The van der Waals surface area contributed by atoms with Gasteiger partial charge in [0.1, 0.15) is 18.3 Å². The summed E-state index contributed by atoms with van der Waals surface area (Å²) in [5.74, 6) is -0.340. The molecule has 10 nitrogen and oxygen atoms in total. The van der Waals surface area contributed by atoms with Crippen LogP contribution >= 0.6 is 19.2 Å². The van der Waals surface area contributed by atoms with E-state index in [0.29, 0.717) is 23.2 Å². The Morgan fingerprint density at radius 3 is 2.93 bits per heavy atom. The molecule has 2 N–H and O–H groups in total. The van der Waals surface area contributed by atoms with Crippen LogP contribution in [0.5, 0.6) is 0 Å². The molecule has 0 saturated carbocycles. The molecule has 3 aromatic heterocycles. The van der Waals surface area contributed by atoms with Crippen LogP contribution in [0.15, 0.2) is 16.1 Å². The van der Waals surface area contributed by atoms with E-state index >= 15 is 0 Å². The van der Waals surface area contributed by atoms with E-state index in [1.165, 1.54) is 10.8 Å². The number of nitrogens with zero attached hydrogens (tertiary/aromatic N) is 4. The highest BCUT2D eigenvalue weighted by atomic mass is 32.1. The Kier molecular flexibility index (Phi) is 5.05. The van der Waals surface area contributed by atoms with Crippen LogP contribution in [0, 0.1) is 6.92 Å². The second-order valence-corrected chi connectivity index (χ2v) is 8.27. The number of rotatable bonds is 6. The Morgan fingerprint density at radius 2 is 2.24 bits per heavy atom. The zero-order chi connectivity index (χ0) is 20.8. The summed E-state index contributed by atoms with van der Waals surface area (Å²) < 4.78 is 36.0. The predicted molar refractivity (Wildman–Crippen MR) is 98.6 cm³/mol. The molecule has 1 aliphatic rings. The van der Waals surface area contributed by atoms with Gasteiger partial charge in [-0.25, -0.2) is 13.9 Å². The minimum Gasteiger partial charge on any atom is -0.339 e. The topological polar surface area (TPSA) is 141 Å². The van der Waals surface area contributed by atoms with Crippen LogP contribution in [0.4, 0.5) is 4.39 Å². The van der Waals surface area contributed by atoms with Gasteiger partial charge in [-0.3, -0.25) is 9.32 Å². The number of halogens is 1. The van der Waals surface area contributed by atoms with Crippen molar-refractivity contribution >= 4 is 36.8 Å². The van der Waals surface area contributed by atoms with Gasteiger partial charge in [0.25, 0.3) is 0 Å². The highest BCUT2D eigenvalue weighted by Crippen LogP contribution is 2.36. The van der Waals surface area contributed by atoms with Crippen molar-refractivity contribution in [3.63, 3.8) is 0 Å². The number of aromatic nitrogens is 4. The van der Waals surface area contributed by atoms with E-state index < -0.39 is 26.2 Å². The molecule has 0 saturated heterocycles. The van der Waals surface area contributed by atoms with E-state index in [4.69, 9.17) is 14.3 Å². The zero-order valence-corrected chi connectivity index (χ0v) is 16.6. The molecule has 3 heterocycles. The van der Waals surface area contributed by atoms with Crippen molar-refractivity contribution in [3.05, 3.63) is 38.6 Å². The van der Waals surface area contributed by atoms with Crippen LogP contribution in [0.25, 0.3) is 23.4 Å². The summed E-state index contributed by atoms with van der Waals surface area (Å²) in [4.78, 5) is 39.2. The molecule has 3 aromatic rings. The van der Waals surface area contributed by atoms with Crippen molar-refractivity contribution < 1.29 is 32.6 Å². The summed E-state index contributed by atoms with van der Waals surface area (Å²) in [7, 11) is -4.77. The third-order valence-electron chi connectivity index (χ3n) is 4.15. The van der Waals surface area contributed by atoms with E-state index in [0.717, 1.165) is 11.3 Å². The SMILES string of the molecule is Cc1nc(-c2csc(C(=O)c3cn(COP(=O)(O)O)c4c3=CCCC=4F)n2)no1. The van der Waals surface area contributed by atoms with Crippen LogP contribution in [0.2, 0.25) is 0 Å². The second-order valence-electron chi connectivity index (χ2n) is 6.18. The van der Waals surface area contributed by atoms with E-state index in [1.54, 1.807) is 18.4 Å². The van der Waals surface area contributed by atoms with E-state index in [2.05, 4.69) is 19.6 Å². The van der Waals surface area contributed by atoms with Gasteiger partial charge in [-0.1, -0.05) is 11.2 Å². The third-order valence-corrected chi connectivity index (χ3v) is 5.44. The molecule has 0 atom stereocenters. The Hall–Kier alpha value is -2.50. The summed E-state index contributed by atoms with van der Waals surface area (Å²) >= 11 is 1.07. The first-order chi connectivity index (χ1) is 13.7. The number of carbonyl (C=O) groups is 1. The minimum absolute atomic E-state index is 0.0682. The largest absolute Gasteiger partial charge is 0.471 e. The highest BCUT2D eigenvalue weighted by Gasteiger charge is 2.23. The van der Waals surface area contributed by atoms with E-state index in [-0.39, 0.29) is 28.2 Å². The van der Waals surface area contributed by atoms with Gasteiger partial charge in [0.05, 0.1) is 10.9 Å². The second kappa shape index (κ2) is 7.39. The zero-order valence-electron chi connectivity index (χ0n) is 14.9. The van der Waals surface area contributed by atoms with Gasteiger partial charge in [0.2, 0.25) is 17.5 Å². The fraction of sp³-hybridized carbons (Fsp3) is 0.250. The summed E-state index contributed by atoms with van der Waals surface area (Å²) in [5.41, 5.74) is 0.532. The lowest BCUT2D eigenvalue weighted by Gasteiger charge is -2.08. The van der Waals surface area contributed by atoms with Crippen LogP contribution in [0.1, 0.15) is 34.1 Å². The molecule has 0 aromatic carbocycles. The number of thiazole rings is 1. The van der Waals surface area contributed by atoms with Crippen molar-refractivity contribution in [3.8, 4) is 11.5 Å². The first-order valence-corrected chi connectivity index (χ1v) is 10.7. The predicted octanol–water partition coefficient (Wildman–Crippen LogP) is 1.25. The molecule has 0 aliphatic heterocycles. The Bertz CT molecular complexity index is 1270. The number of hydrogen-bond acceptors (Lipinski definition) is 8. The van der Waals surface area contributed by atoms with Crippen molar-refractivity contribution in [1.82, 2.24) is 19.7 Å². The number of phosphoric acid groups is 1. The first kappa shape index (κ1) is 19.8. The molecular formula is C16H14FN4O6PS. The highest BCUT2D eigenvalue weighted by molar-refractivity contribution is 7.46. The molecule has 0 unspecified atom stereocenters. The lowest BCUT2D eigenvalue weighted by molar-refractivity contribution is 0.103. The van der Waals surface area contributed by atoms with Crippen LogP contribution < -0.4 is 10.6 Å². The molecule has 13 heteroatoms. The van der Waals surface area contributed by atoms with Crippen molar-refractivity contribution in [2.24, 2.45) is 0 Å². The standard InChI is InChI=1S/C16H14FN4O6PS/c1-8-18-15(20-27-8)12-6-29-16(19-12)14(22)10-5-21(7-26-28(23,24)25)13-9(10)3-2-4-11(13)17/h3,5-6H,2,4,7H2,1H3,(H2,23,24,25). The number of aryl methyl sites for hydroxylation is 1. The summed E-state index contributed by atoms with van der Waals surface area (Å²) in [6.07, 6.45) is 3.53. The third kappa shape index (κ3) is 3.98. The smallest absolute Gasteiger partial charge is 0.339 e. The van der Waals surface area contributed by atoms with Gasteiger partial charge < -0.3 is 18.9 Å². The molecule has 4 rings (SSSR count). The van der Waals surface area contributed by atoms with Crippen molar-refractivity contribution in [2.75, 3.05) is 0 Å². The Morgan fingerprint density at radius 1 is 1.45 bits per heavy atom. The number of fused-ring (bicyclic) bond motifs is 1. The number of ketones is 1. The molecular weight excluding hydrogens is 426 g/mol. The quantitative estimate of drug-likeness (QED) is 0.428. The maximum Gasteiger partial charge on any atom is 0.471 e. The summed E-state index contributed by atoms with van der Waals surface area (Å²) in [5, 5.41) is 5.91. The molecule has 0 fully saturated rings. The molecule has 152 valence electrons. The average Bonchev–Trinajstić information content (AvgIpc) is 3.37. The summed E-state index contributed by atoms with van der Waals surface area (Å²) in [6.45, 7) is 1.02. The Labute approximate surface area is 166 Å². The monoisotopic (exact) mass is 440 g/mol. The minimum atomic E-state index is -4.77. The van der Waals surface area contributed by atoms with Gasteiger partial charge in [0.15, 0.2) is 5.01 Å². The molecule has 0 amide bonds. The Balaban J connectivity index is 1.74. The van der Waals surface area contributed by atoms with E-state index in [1.807, 2.05) is 0 Å². The van der Waals surface area contributed by atoms with Gasteiger partial charge in [-0.2, -0.15) is 4.98 Å². The molecule has 0 bridgehead atoms. The number of carbonyl (C=O) groups excluding carboxylic acids is 1. The molecule has 29 heavy (non-hydrogen) atoms. The maximum absolute atomic E-state index is 14.4. The number of phosphoric ester groups is 1. The van der Waals surface area contributed by atoms with E-state index in [9.17, 15) is 13.8 Å². The van der Waals surface area contributed by atoms with Crippen molar-refractivity contribution in [2.45, 2.75) is 26.5 Å². The molecule has 1 aliphatic carbocycles. The van der Waals surface area contributed by atoms with Gasteiger partial charge in [0, 0.05) is 30.1 Å². The van der Waals surface area contributed by atoms with Crippen LogP contribution in [0.3, 0.4) is 0 Å². The number of hydrogen-bond donors (Lipinski definition) is 2. The lowest BCUT2D eigenvalue weighted by atomic mass is 10.1. The average molecular weight is 440 g/mol. The fourth-order valence-corrected chi connectivity index (χ4v) is 3.99. The first-order valence-electron chi connectivity index (χ1n) is 8.32. The normalized spacial score (nSPS) is 14.0. The molecule has 0 radical (unpaired) electrons. The van der Waals surface area contributed by atoms with Gasteiger partial charge >= 0.3 is 7.82 Å². The van der Waals surface area contributed by atoms with Crippen LogP contribution in [-0.2, 0) is 15.8 Å². The van der Waals surface area contributed by atoms with Crippen molar-refractivity contribution in [1.29, 1.82) is 0 Å². The van der Waals surface area contributed by atoms with Crippen LogP contribution in [-0.4, -0.2) is 35.3 Å². The van der Waals surface area contributed by atoms with Gasteiger partial charge in [-0.15, -0.1) is 11.3 Å². The van der Waals surface area contributed by atoms with Gasteiger partial charge in [-0.05, 0) is 6.42 Å². The molecule has 0 spiro atoms.